The lowest BCUT2D eigenvalue weighted by Crippen LogP contribution is -2.28. The van der Waals surface area contributed by atoms with Gasteiger partial charge in [0.05, 0.1) is 0 Å². The third-order valence-electron chi connectivity index (χ3n) is 5.19. The highest BCUT2D eigenvalue weighted by molar-refractivity contribution is 7.53. The van der Waals surface area contributed by atoms with Crippen LogP contribution in [0.15, 0.2) is 0 Å². The second-order valence-corrected chi connectivity index (χ2v) is 9.69. The minimum atomic E-state index is -4.55. The number of carbonyl (C=O) groups is 1. The fourth-order valence-electron chi connectivity index (χ4n) is 3.35. The molecule has 6 nitrogen and oxygen atoms in total. The highest BCUT2D eigenvalue weighted by atomic mass is 31.2. The zero-order valence-corrected chi connectivity index (χ0v) is 18.0. The van der Waals surface area contributed by atoms with E-state index in [1.165, 1.54) is 25.7 Å². The molecule has 0 amide bonds. The van der Waals surface area contributed by atoms with Gasteiger partial charge in [-0.1, -0.05) is 77.6 Å². The van der Waals surface area contributed by atoms with Crippen LogP contribution >= 0.6 is 7.60 Å². The maximum Gasteiger partial charge on any atom is 0.356 e. The van der Waals surface area contributed by atoms with E-state index >= 15 is 0 Å². The Morgan fingerprint density at radius 2 is 1.11 bits per heavy atom. The fourth-order valence-corrected chi connectivity index (χ4v) is 4.25. The first-order chi connectivity index (χ1) is 12.7. The van der Waals surface area contributed by atoms with Crippen molar-refractivity contribution in [2.45, 2.75) is 121 Å². The molecule has 0 aliphatic carbocycles. The van der Waals surface area contributed by atoms with Crippen LogP contribution in [0.2, 0.25) is 0 Å². The lowest BCUT2D eigenvalue weighted by molar-refractivity contribution is -0.137. The maximum atomic E-state index is 11.7. The SMILES string of the molecule is CCCCCCCCCCC(O)(CCCCCCCCC(=O)O)P(=O)(O)O. The molecule has 0 aromatic heterocycles. The molecule has 1 unspecified atom stereocenters. The number of hydrogen-bond acceptors (Lipinski definition) is 3. The van der Waals surface area contributed by atoms with Crippen LogP contribution in [-0.4, -0.2) is 31.3 Å². The third kappa shape index (κ3) is 14.3. The van der Waals surface area contributed by atoms with Crippen molar-refractivity contribution in [3.05, 3.63) is 0 Å². The quantitative estimate of drug-likeness (QED) is 0.164. The van der Waals surface area contributed by atoms with E-state index in [1.54, 1.807) is 0 Å². The topological polar surface area (TPSA) is 115 Å². The summed E-state index contributed by atoms with van der Waals surface area (Å²) in [6.07, 6.45) is 13.9. The molecule has 0 bridgehead atoms. The second kappa shape index (κ2) is 15.5. The zero-order chi connectivity index (χ0) is 20.6. The molecule has 0 rings (SSSR count). The Morgan fingerprint density at radius 1 is 0.741 bits per heavy atom. The monoisotopic (exact) mass is 408 g/mol. The summed E-state index contributed by atoms with van der Waals surface area (Å²) in [7, 11) is -4.55. The van der Waals surface area contributed by atoms with Gasteiger partial charge in [0, 0.05) is 6.42 Å². The fraction of sp³-hybridized carbons (Fsp3) is 0.950. The van der Waals surface area contributed by atoms with E-state index in [-0.39, 0.29) is 19.3 Å². The number of hydrogen-bond donors (Lipinski definition) is 4. The van der Waals surface area contributed by atoms with Crippen LogP contribution < -0.4 is 0 Å². The molecule has 0 aliphatic heterocycles. The van der Waals surface area contributed by atoms with E-state index in [0.717, 1.165) is 44.9 Å². The first-order valence-corrected chi connectivity index (χ1v) is 12.3. The van der Waals surface area contributed by atoms with Crippen molar-refractivity contribution >= 4 is 13.6 Å². The van der Waals surface area contributed by atoms with Crippen LogP contribution in [0.1, 0.15) is 116 Å². The molecule has 4 N–H and O–H groups in total. The van der Waals surface area contributed by atoms with Gasteiger partial charge in [-0.3, -0.25) is 9.36 Å². The second-order valence-electron chi connectivity index (χ2n) is 7.77. The average Bonchev–Trinajstić information content (AvgIpc) is 2.58. The summed E-state index contributed by atoms with van der Waals surface area (Å²) < 4.78 is 11.7. The highest BCUT2D eigenvalue weighted by Gasteiger charge is 2.43. The van der Waals surface area contributed by atoms with Gasteiger partial charge in [0.1, 0.15) is 0 Å². The van der Waals surface area contributed by atoms with Crippen LogP contribution in [0.5, 0.6) is 0 Å². The summed E-state index contributed by atoms with van der Waals surface area (Å²) in [4.78, 5) is 29.6. The van der Waals surface area contributed by atoms with Gasteiger partial charge >= 0.3 is 13.6 Å². The zero-order valence-electron chi connectivity index (χ0n) is 17.1. The minimum Gasteiger partial charge on any atom is -0.481 e. The number of aliphatic hydroxyl groups is 1. The van der Waals surface area contributed by atoms with Gasteiger partial charge in [0.2, 0.25) is 0 Å². The van der Waals surface area contributed by atoms with Crippen LogP contribution in [0.4, 0.5) is 0 Å². The predicted molar refractivity (Wildman–Crippen MR) is 109 cm³/mol. The van der Waals surface area contributed by atoms with Gasteiger partial charge in [-0.25, -0.2) is 0 Å². The number of rotatable bonds is 19. The third-order valence-corrected chi connectivity index (χ3v) is 6.72. The van der Waals surface area contributed by atoms with Gasteiger partial charge < -0.3 is 20.0 Å². The predicted octanol–water partition coefficient (Wildman–Crippen LogP) is 5.59. The molecule has 0 aromatic rings. The van der Waals surface area contributed by atoms with E-state index in [9.17, 15) is 24.3 Å². The Hall–Kier alpha value is -0.420. The van der Waals surface area contributed by atoms with Gasteiger partial charge in [0.25, 0.3) is 0 Å². The van der Waals surface area contributed by atoms with Crippen molar-refractivity contribution in [3.8, 4) is 0 Å². The molecule has 0 spiro atoms. The van der Waals surface area contributed by atoms with Crippen LogP contribution in [0.3, 0.4) is 0 Å². The number of aliphatic carboxylic acids is 1. The summed E-state index contributed by atoms with van der Waals surface area (Å²) in [5.41, 5.74) is 0. The Bertz CT molecular complexity index is 423. The Balaban J connectivity index is 3.94. The average molecular weight is 409 g/mol. The van der Waals surface area contributed by atoms with Crippen molar-refractivity contribution in [2.24, 2.45) is 0 Å². The summed E-state index contributed by atoms with van der Waals surface area (Å²) >= 11 is 0. The van der Waals surface area contributed by atoms with E-state index in [2.05, 4.69) is 6.92 Å². The van der Waals surface area contributed by atoms with E-state index in [1.807, 2.05) is 0 Å². The van der Waals surface area contributed by atoms with Crippen molar-refractivity contribution in [1.29, 1.82) is 0 Å². The largest absolute Gasteiger partial charge is 0.481 e. The van der Waals surface area contributed by atoms with Gasteiger partial charge in [-0.15, -0.1) is 0 Å². The summed E-state index contributed by atoms with van der Waals surface area (Å²) in [6.45, 7) is 2.18. The summed E-state index contributed by atoms with van der Waals surface area (Å²) in [5.74, 6) is -0.775. The van der Waals surface area contributed by atoms with Gasteiger partial charge in [-0.2, -0.15) is 0 Å². The van der Waals surface area contributed by atoms with Gasteiger partial charge in [-0.05, 0) is 32.1 Å². The molecule has 0 heterocycles. The van der Waals surface area contributed by atoms with Crippen molar-refractivity contribution < 1.29 is 29.4 Å². The molecule has 7 heteroatoms. The first-order valence-electron chi connectivity index (χ1n) is 10.7. The smallest absolute Gasteiger partial charge is 0.356 e. The lowest BCUT2D eigenvalue weighted by atomic mass is 10.0. The standard InChI is InChI=1S/C20H41O6P/c1-2-3-4-5-6-8-11-14-17-20(23,27(24,25)26)18-15-12-9-7-10-13-16-19(21)22/h23H,2-18H2,1H3,(H,21,22)(H2,24,25,26). The maximum absolute atomic E-state index is 11.7. The molecular weight excluding hydrogens is 367 g/mol. The van der Waals surface area contributed by atoms with Crippen molar-refractivity contribution in [3.63, 3.8) is 0 Å². The number of unbranched alkanes of at least 4 members (excludes halogenated alkanes) is 12. The molecular formula is C20H41O6P. The molecule has 0 saturated heterocycles. The molecule has 27 heavy (non-hydrogen) atoms. The molecule has 0 fully saturated rings. The molecule has 0 aliphatic rings. The molecule has 0 radical (unpaired) electrons. The van der Waals surface area contributed by atoms with E-state index in [0.29, 0.717) is 19.3 Å². The van der Waals surface area contributed by atoms with Crippen LogP contribution in [-0.2, 0) is 9.36 Å². The minimum absolute atomic E-state index is 0.128. The number of carboxylic acid groups (broad SMARTS) is 1. The molecule has 0 saturated carbocycles. The highest BCUT2D eigenvalue weighted by Crippen LogP contribution is 2.54. The number of carboxylic acids is 1. The van der Waals surface area contributed by atoms with Crippen molar-refractivity contribution in [1.82, 2.24) is 0 Å². The molecule has 1 atom stereocenters. The summed E-state index contributed by atoms with van der Waals surface area (Å²) in [5, 5.41) is 17.2. The molecule has 162 valence electrons. The van der Waals surface area contributed by atoms with E-state index < -0.39 is 18.9 Å². The molecule has 0 aromatic carbocycles. The van der Waals surface area contributed by atoms with Gasteiger partial charge in [0.15, 0.2) is 5.34 Å². The lowest BCUT2D eigenvalue weighted by Gasteiger charge is -2.29. The Morgan fingerprint density at radius 3 is 1.48 bits per heavy atom. The van der Waals surface area contributed by atoms with Crippen LogP contribution in [0, 0.1) is 0 Å². The summed E-state index contributed by atoms with van der Waals surface area (Å²) in [6, 6.07) is 0. The Kier molecular flexibility index (Phi) is 15.3. The normalized spacial score (nSPS) is 14.2. The Labute approximate surface area is 164 Å². The first kappa shape index (κ1) is 26.6. The van der Waals surface area contributed by atoms with Crippen LogP contribution in [0.25, 0.3) is 0 Å². The van der Waals surface area contributed by atoms with Crippen molar-refractivity contribution in [2.75, 3.05) is 0 Å². The van der Waals surface area contributed by atoms with E-state index in [4.69, 9.17) is 5.11 Å².